The van der Waals surface area contributed by atoms with Gasteiger partial charge in [0.15, 0.2) is 6.04 Å². The molecule has 3 heterocycles. The molecule has 0 saturated heterocycles. The Balaban J connectivity index is 1.51. The summed E-state index contributed by atoms with van der Waals surface area (Å²) in [6, 6.07) is 15.2. The van der Waals surface area contributed by atoms with Gasteiger partial charge in [0, 0.05) is 12.3 Å². The van der Waals surface area contributed by atoms with Crippen LogP contribution in [-0.2, 0) is 11.2 Å². The molecular weight excluding hydrogens is 422 g/mol. The molecule has 6 rings (SSSR count). The zero-order chi connectivity index (χ0) is 21.8. The monoisotopic (exact) mass is 443 g/mol. The minimum absolute atomic E-state index is 0.252. The number of carboxylic acids is 1. The number of carbonyl (C=O) groups is 1. The van der Waals surface area contributed by atoms with Crippen molar-refractivity contribution >= 4 is 28.5 Å². The molecule has 1 saturated carbocycles. The van der Waals surface area contributed by atoms with E-state index in [0.29, 0.717) is 18.0 Å². The van der Waals surface area contributed by atoms with Crippen LogP contribution in [0.15, 0.2) is 70.9 Å². The van der Waals surface area contributed by atoms with Crippen molar-refractivity contribution in [2.75, 3.05) is 0 Å². The highest BCUT2D eigenvalue weighted by atomic mass is 32.2. The van der Waals surface area contributed by atoms with E-state index in [-0.39, 0.29) is 5.56 Å². The van der Waals surface area contributed by atoms with E-state index in [2.05, 4.69) is 40.3 Å². The second-order valence-corrected chi connectivity index (χ2v) is 9.63. The molecule has 2 aromatic heterocycles. The number of thioether (sulfide) groups is 1. The van der Waals surface area contributed by atoms with E-state index in [1.807, 2.05) is 12.1 Å². The second kappa shape index (κ2) is 7.38. The van der Waals surface area contributed by atoms with Gasteiger partial charge in [0.05, 0.1) is 22.3 Å². The molecule has 1 aliphatic heterocycles. The van der Waals surface area contributed by atoms with Crippen LogP contribution in [0.5, 0.6) is 0 Å². The Morgan fingerprint density at radius 1 is 1.16 bits per heavy atom. The highest BCUT2D eigenvalue weighted by Crippen LogP contribution is 2.55. The van der Waals surface area contributed by atoms with Crippen LogP contribution in [0.3, 0.4) is 0 Å². The number of aliphatic carboxylic acids is 1. The largest absolute Gasteiger partial charge is 0.480 e. The topological polar surface area (TPSA) is 88.0 Å². The Bertz CT molecular complexity index is 1400. The molecule has 2 N–H and O–H groups in total. The number of hydrogen-bond acceptors (Lipinski definition) is 4. The molecule has 0 bridgehead atoms. The van der Waals surface area contributed by atoms with Gasteiger partial charge in [0.25, 0.3) is 5.56 Å². The van der Waals surface area contributed by atoms with Gasteiger partial charge in [-0.2, -0.15) is 0 Å². The molecule has 32 heavy (non-hydrogen) atoms. The maximum atomic E-state index is 13.3. The molecular formula is C25H21N3O3S. The predicted molar refractivity (Wildman–Crippen MR) is 123 cm³/mol. The van der Waals surface area contributed by atoms with E-state index < -0.39 is 17.3 Å². The third kappa shape index (κ3) is 3.07. The third-order valence-corrected chi connectivity index (χ3v) is 7.84. The average Bonchev–Trinajstić information content (AvgIpc) is 3.31. The molecule has 0 spiro atoms. The van der Waals surface area contributed by atoms with Crippen molar-refractivity contribution in [3.63, 3.8) is 0 Å². The van der Waals surface area contributed by atoms with Crippen LogP contribution in [0.2, 0.25) is 0 Å². The van der Waals surface area contributed by atoms with E-state index in [9.17, 15) is 14.7 Å². The standard InChI is InChI=1S/C25H21N3O3S/c29-20-11-17(10-16-6-3-5-14-4-1-2-7-18(14)16)21(15-8-9-15)24-28(20)22(25(30)31)23(32-24)19-12-26-13-27-19/h1-7,11-13,15,22-23H,8-10H2,(H,26,27)(H,30,31). The summed E-state index contributed by atoms with van der Waals surface area (Å²) in [5.41, 5.74) is 3.74. The zero-order valence-corrected chi connectivity index (χ0v) is 18.0. The number of pyridine rings is 1. The molecule has 1 fully saturated rings. The van der Waals surface area contributed by atoms with Crippen LogP contribution in [0.4, 0.5) is 0 Å². The molecule has 2 atom stereocenters. The van der Waals surface area contributed by atoms with Crippen LogP contribution in [-0.4, -0.2) is 25.6 Å². The Labute approximate surface area is 188 Å². The summed E-state index contributed by atoms with van der Waals surface area (Å²) >= 11 is 1.47. The molecule has 6 nitrogen and oxygen atoms in total. The van der Waals surface area contributed by atoms with Gasteiger partial charge in [-0.3, -0.25) is 9.36 Å². The summed E-state index contributed by atoms with van der Waals surface area (Å²) < 4.78 is 1.49. The van der Waals surface area contributed by atoms with Crippen molar-refractivity contribution in [3.8, 4) is 0 Å². The van der Waals surface area contributed by atoms with Crippen molar-refractivity contribution in [1.29, 1.82) is 0 Å². The van der Waals surface area contributed by atoms with Gasteiger partial charge in [0.1, 0.15) is 0 Å². The van der Waals surface area contributed by atoms with Crippen LogP contribution < -0.4 is 5.56 Å². The van der Waals surface area contributed by atoms with Crippen molar-refractivity contribution in [2.45, 2.75) is 41.5 Å². The number of aromatic amines is 1. The first-order valence-electron chi connectivity index (χ1n) is 10.7. The number of imidazole rings is 1. The summed E-state index contributed by atoms with van der Waals surface area (Å²) in [5, 5.41) is 12.7. The fourth-order valence-electron chi connectivity index (χ4n) is 4.86. The highest BCUT2D eigenvalue weighted by molar-refractivity contribution is 7.99. The van der Waals surface area contributed by atoms with Gasteiger partial charge in [0.2, 0.25) is 0 Å². The lowest BCUT2D eigenvalue weighted by molar-refractivity contribution is -0.141. The quantitative estimate of drug-likeness (QED) is 0.468. The van der Waals surface area contributed by atoms with E-state index in [0.717, 1.165) is 29.0 Å². The van der Waals surface area contributed by atoms with Crippen molar-refractivity contribution in [3.05, 3.63) is 93.8 Å². The van der Waals surface area contributed by atoms with E-state index in [1.165, 1.54) is 32.7 Å². The number of aromatic nitrogens is 3. The lowest BCUT2D eigenvalue weighted by Gasteiger charge is -2.17. The molecule has 160 valence electrons. The maximum absolute atomic E-state index is 13.3. The number of fused-ring (bicyclic) bond motifs is 2. The minimum atomic E-state index is -1.00. The van der Waals surface area contributed by atoms with Crippen LogP contribution >= 0.6 is 11.8 Å². The third-order valence-electron chi connectivity index (χ3n) is 6.44. The smallest absolute Gasteiger partial charge is 0.328 e. The SMILES string of the molecule is O=C(O)C1C(c2c[nH]cn2)Sc2c(C3CC3)c(Cc3cccc4ccccc34)cc(=O)n21. The lowest BCUT2D eigenvalue weighted by Crippen LogP contribution is -2.30. The summed E-state index contributed by atoms with van der Waals surface area (Å²) in [6.07, 6.45) is 6.06. The van der Waals surface area contributed by atoms with Gasteiger partial charge < -0.3 is 10.1 Å². The normalized spacial score (nSPS) is 19.9. The first-order valence-corrected chi connectivity index (χ1v) is 11.6. The Morgan fingerprint density at radius 2 is 1.97 bits per heavy atom. The van der Waals surface area contributed by atoms with Crippen LogP contribution in [0, 0.1) is 0 Å². The number of H-pyrrole nitrogens is 1. The number of carboxylic acid groups (broad SMARTS) is 1. The Kier molecular flexibility index (Phi) is 4.47. The zero-order valence-electron chi connectivity index (χ0n) is 17.2. The lowest BCUT2D eigenvalue weighted by atomic mass is 9.95. The summed E-state index contributed by atoms with van der Waals surface area (Å²) in [6.45, 7) is 0. The molecule has 2 unspecified atom stereocenters. The first kappa shape index (κ1) is 19.4. The molecule has 4 aromatic rings. The van der Waals surface area contributed by atoms with Gasteiger partial charge in [-0.1, -0.05) is 54.2 Å². The maximum Gasteiger partial charge on any atom is 0.328 e. The molecule has 0 amide bonds. The summed E-state index contributed by atoms with van der Waals surface area (Å²) in [7, 11) is 0. The van der Waals surface area contributed by atoms with Crippen LogP contribution in [0.25, 0.3) is 10.8 Å². The number of rotatable bonds is 5. The number of benzene rings is 2. The van der Waals surface area contributed by atoms with Gasteiger partial charge in [-0.25, -0.2) is 9.78 Å². The van der Waals surface area contributed by atoms with E-state index in [1.54, 1.807) is 18.6 Å². The van der Waals surface area contributed by atoms with Crippen LogP contribution in [0.1, 0.15) is 52.4 Å². The van der Waals surface area contributed by atoms with Gasteiger partial charge >= 0.3 is 5.97 Å². The minimum Gasteiger partial charge on any atom is -0.480 e. The second-order valence-electron chi connectivity index (χ2n) is 8.50. The summed E-state index contributed by atoms with van der Waals surface area (Å²) in [4.78, 5) is 32.7. The molecule has 2 aromatic carbocycles. The molecule has 1 aliphatic carbocycles. The van der Waals surface area contributed by atoms with E-state index in [4.69, 9.17) is 0 Å². The first-order chi connectivity index (χ1) is 15.6. The van der Waals surface area contributed by atoms with Crippen molar-refractivity contribution < 1.29 is 9.90 Å². The number of nitrogens with one attached hydrogen (secondary N) is 1. The van der Waals surface area contributed by atoms with Crippen molar-refractivity contribution in [2.24, 2.45) is 0 Å². The molecule has 0 radical (unpaired) electrons. The fraction of sp³-hybridized carbons (Fsp3) is 0.240. The van der Waals surface area contributed by atoms with Gasteiger partial charge in [-0.05, 0) is 52.6 Å². The average molecular weight is 444 g/mol. The number of nitrogens with zero attached hydrogens (tertiary/aromatic N) is 2. The molecule has 7 heteroatoms. The van der Waals surface area contributed by atoms with Gasteiger partial charge in [-0.15, -0.1) is 0 Å². The molecule has 2 aliphatic rings. The Hall–Kier alpha value is -3.32. The highest BCUT2D eigenvalue weighted by Gasteiger charge is 2.44. The fourth-order valence-corrected chi connectivity index (χ4v) is 6.46. The van der Waals surface area contributed by atoms with E-state index >= 15 is 0 Å². The summed E-state index contributed by atoms with van der Waals surface area (Å²) in [5.74, 6) is -0.628. The van der Waals surface area contributed by atoms with Crippen molar-refractivity contribution in [1.82, 2.24) is 14.5 Å². The Morgan fingerprint density at radius 3 is 2.72 bits per heavy atom. The predicted octanol–water partition coefficient (Wildman–Crippen LogP) is 4.67. The number of hydrogen-bond donors (Lipinski definition) is 2.